The van der Waals surface area contributed by atoms with E-state index in [1.807, 2.05) is 25.2 Å². The van der Waals surface area contributed by atoms with Crippen molar-refractivity contribution in [3.05, 3.63) is 18.2 Å². The molecule has 0 fully saturated rings. The van der Waals surface area contributed by atoms with Crippen LogP contribution in [-0.2, 0) is 11.8 Å². The second-order valence-electron chi connectivity index (χ2n) is 3.55. The third kappa shape index (κ3) is 1.39. The minimum atomic E-state index is 0.564. The summed E-state index contributed by atoms with van der Waals surface area (Å²) in [4.78, 5) is 4.19. The van der Waals surface area contributed by atoms with Crippen molar-refractivity contribution in [1.82, 2.24) is 15.0 Å². The fourth-order valence-electron chi connectivity index (χ4n) is 1.74. The van der Waals surface area contributed by atoms with Gasteiger partial charge in [-0.2, -0.15) is 0 Å². The molecule has 1 aromatic heterocycles. The number of rotatable bonds is 1. The van der Waals surface area contributed by atoms with E-state index in [-0.39, 0.29) is 0 Å². The van der Waals surface area contributed by atoms with Crippen molar-refractivity contribution < 1.29 is 4.74 Å². The molecule has 82 valence electrons. The molecule has 0 aliphatic carbocycles. The Kier molecular flexibility index (Phi) is 1.99. The number of hydrogen-bond acceptors (Lipinski definition) is 5. The molecule has 6 heteroatoms. The first-order valence-corrected chi connectivity index (χ1v) is 5.07. The van der Waals surface area contributed by atoms with Gasteiger partial charge in [0.15, 0.2) is 0 Å². The zero-order valence-corrected chi connectivity index (χ0v) is 8.84. The van der Waals surface area contributed by atoms with Crippen LogP contribution in [0, 0.1) is 0 Å². The highest BCUT2D eigenvalue weighted by molar-refractivity contribution is 5.98. The van der Waals surface area contributed by atoms with Crippen molar-refractivity contribution >= 4 is 22.7 Å². The topological polar surface area (TPSA) is 64.3 Å². The van der Waals surface area contributed by atoms with Crippen LogP contribution in [0.25, 0.3) is 11.0 Å². The number of aryl methyl sites for hydroxylation is 1. The molecule has 1 N–H and O–H groups in total. The Morgan fingerprint density at radius 2 is 2.38 bits per heavy atom. The molecule has 2 heterocycles. The highest BCUT2D eigenvalue weighted by Crippen LogP contribution is 2.21. The van der Waals surface area contributed by atoms with Gasteiger partial charge in [-0.25, -0.2) is 9.67 Å². The summed E-state index contributed by atoms with van der Waals surface area (Å²) in [5, 5.41) is 11.2. The molecule has 3 rings (SSSR count). The number of amidine groups is 1. The number of ether oxygens (including phenoxy) is 1. The second-order valence-corrected chi connectivity index (χ2v) is 3.55. The first-order chi connectivity index (χ1) is 7.84. The summed E-state index contributed by atoms with van der Waals surface area (Å²) in [7, 11) is 1.86. The van der Waals surface area contributed by atoms with Crippen LogP contribution in [0.5, 0.6) is 0 Å². The van der Waals surface area contributed by atoms with E-state index < -0.39 is 0 Å². The molecule has 1 aliphatic rings. The summed E-state index contributed by atoms with van der Waals surface area (Å²) >= 11 is 0. The molecule has 16 heavy (non-hydrogen) atoms. The SMILES string of the molecule is Cn1nnc2cccc(NC3=NCCO3)c21. The lowest BCUT2D eigenvalue weighted by molar-refractivity contribution is 0.346. The van der Waals surface area contributed by atoms with E-state index in [1.54, 1.807) is 4.68 Å². The molecular weight excluding hydrogens is 206 g/mol. The molecule has 0 radical (unpaired) electrons. The first kappa shape index (κ1) is 9.14. The summed E-state index contributed by atoms with van der Waals surface area (Å²) in [6, 6.07) is 6.36. The zero-order valence-electron chi connectivity index (χ0n) is 8.84. The number of nitrogens with zero attached hydrogens (tertiary/aromatic N) is 4. The molecule has 0 bridgehead atoms. The van der Waals surface area contributed by atoms with Crippen LogP contribution in [0.2, 0.25) is 0 Å². The van der Waals surface area contributed by atoms with Crippen molar-refractivity contribution in [1.29, 1.82) is 0 Å². The molecule has 0 saturated carbocycles. The Hall–Kier alpha value is -2.11. The van der Waals surface area contributed by atoms with Gasteiger partial charge in [-0.3, -0.25) is 0 Å². The number of anilines is 1. The van der Waals surface area contributed by atoms with Crippen molar-refractivity contribution in [2.75, 3.05) is 18.5 Å². The van der Waals surface area contributed by atoms with Gasteiger partial charge >= 0.3 is 0 Å². The average Bonchev–Trinajstić information content (AvgIpc) is 2.90. The molecule has 0 spiro atoms. The standard InChI is InChI=1S/C10H11N5O/c1-15-9-7(12-10-11-5-6-16-10)3-2-4-8(9)13-14-15/h2-4H,5-6H2,1H3,(H,11,12). The highest BCUT2D eigenvalue weighted by Gasteiger charge is 2.11. The van der Waals surface area contributed by atoms with Gasteiger partial charge in [-0.1, -0.05) is 11.3 Å². The zero-order chi connectivity index (χ0) is 11.0. The minimum Gasteiger partial charge on any atom is -0.463 e. The third-order valence-electron chi connectivity index (χ3n) is 2.45. The maximum absolute atomic E-state index is 5.31. The van der Waals surface area contributed by atoms with E-state index in [0.29, 0.717) is 19.2 Å². The lowest BCUT2D eigenvalue weighted by Crippen LogP contribution is -2.12. The molecule has 0 amide bonds. The fraction of sp³-hybridized carbons (Fsp3) is 0.300. The van der Waals surface area contributed by atoms with Gasteiger partial charge in [-0.15, -0.1) is 5.10 Å². The summed E-state index contributed by atoms with van der Waals surface area (Å²) in [5.74, 6) is 0. The van der Waals surface area contributed by atoms with Crippen molar-refractivity contribution in [3.8, 4) is 0 Å². The van der Waals surface area contributed by atoms with Gasteiger partial charge in [-0.05, 0) is 12.1 Å². The maximum Gasteiger partial charge on any atom is 0.289 e. The van der Waals surface area contributed by atoms with Crippen LogP contribution in [0.15, 0.2) is 23.2 Å². The van der Waals surface area contributed by atoms with Crippen LogP contribution >= 0.6 is 0 Å². The highest BCUT2D eigenvalue weighted by atomic mass is 16.5. The van der Waals surface area contributed by atoms with Crippen molar-refractivity contribution in [3.63, 3.8) is 0 Å². The number of aromatic nitrogens is 3. The lowest BCUT2D eigenvalue weighted by Gasteiger charge is -2.06. The number of benzene rings is 1. The Labute approximate surface area is 91.9 Å². The summed E-state index contributed by atoms with van der Waals surface area (Å²) in [6.45, 7) is 1.35. The van der Waals surface area contributed by atoms with Crippen LogP contribution in [0.1, 0.15) is 0 Å². The largest absolute Gasteiger partial charge is 0.463 e. The predicted octanol–water partition coefficient (Wildman–Crippen LogP) is 0.766. The van der Waals surface area contributed by atoms with Gasteiger partial charge in [0, 0.05) is 7.05 Å². The van der Waals surface area contributed by atoms with Gasteiger partial charge in [0.05, 0.1) is 12.2 Å². The molecule has 6 nitrogen and oxygen atoms in total. The average molecular weight is 217 g/mol. The molecule has 0 unspecified atom stereocenters. The van der Waals surface area contributed by atoms with E-state index in [2.05, 4.69) is 20.6 Å². The minimum absolute atomic E-state index is 0.564. The maximum atomic E-state index is 5.31. The quantitative estimate of drug-likeness (QED) is 0.766. The first-order valence-electron chi connectivity index (χ1n) is 5.07. The number of fused-ring (bicyclic) bond motifs is 1. The van der Waals surface area contributed by atoms with Crippen LogP contribution in [0.3, 0.4) is 0 Å². The predicted molar refractivity (Wildman–Crippen MR) is 60.4 cm³/mol. The monoisotopic (exact) mass is 217 g/mol. The van der Waals surface area contributed by atoms with Crippen molar-refractivity contribution in [2.45, 2.75) is 0 Å². The Morgan fingerprint density at radius 1 is 1.44 bits per heavy atom. The van der Waals surface area contributed by atoms with Crippen LogP contribution in [-0.4, -0.2) is 34.2 Å². The summed E-state index contributed by atoms with van der Waals surface area (Å²) < 4.78 is 7.04. The summed E-state index contributed by atoms with van der Waals surface area (Å²) in [6.07, 6.45) is 0. The Bertz CT molecular complexity index is 559. The molecule has 1 aromatic carbocycles. The summed E-state index contributed by atoms with van der Waals surface area (Å²) in [5.41, 5.74) is 2.71. The van der Waals surface area contributed by atoms with E-state index in [1.165, 1.54) is 0 Å². The number of para-hydroxylation sites is 1. The van der Waals surface area contributed by atoms with E-state index in [9.17, 15) is 0 Å². The Balaban J connectivity index is 2.05. The number of nitrogens with one attached hydrogen (secondary N) is 1. The molecule has 2 aromatic rings. The van der Waals surface area contributed by atoms with Gasteiger partial charge in [0.1, 0.15) is 17.6 Å². The number of aliphatic imine (C=N–C) groups is 1. The second kappa shape index (κ2) is 3.48. The fourth-order valence-corrected chi connectivity index (χ4v) is 1.74. The lowest BCUT2D eigenvalue weighted by atomic mass is 10.2. The van der Waals surface area contributed by atoms with Gasteiger partial charge in [0.25, 0.3) is 6.02 Å². The molecular formula is C10H11N5O. The Morgan fingerprint density at radius 3 is 3.19 bits per heavy atom. The van der Waals surface area contributed by atoms with Gasteiger partial charge < -0.3 is 10.1 Å². The third-order valence-corrected chi connectivity index (χ3v) is 2.45. The van der Waals surface area contributed by atoms with Crippen LogP contribution in [0.4, 0.5) is 5.69 Å². The van der Waals surface area contributed by atoms with E-state index in [0.717, 1.165) is 16.7 Å². The van der Waals surface area contributed by atoms with E-state index in [4.69, 9.17) is 4.74 Å². The van der Waals surface area contributed by atoms with E-state index >= 15 is 0 Å². The molecule has 1 aliphatic heterocycles. The van der Waals surface area contributed by atoms with Crippen molar-refractivity contribution in [2.24, 2.45) is 12.0 Å². The number of hydrogen-bond donors (Lipinski definition) is 1. The molecule has 0 saturated heterocycles. The van der Waals surface area contributed by atoms with Gasteiger partial charge in [0.2, 0.25) is 0 Å². The normalized spacial score (nSPS) is 14.9. The van der Waals surface area contributed by atoms with Crippen LogP contribution < -0.4 is 5.32 Å². The molecule has 0 atom stereocenters. The smallest absolute Gasteiger partial charge is 0.289 e.